The van der Waals surface area contributed by atoms with Gasteiger partial charge in [-0.1, -0.05) is 30.3 Å². The topological polar surface area (TPSA) is 88.0 Å². The minimum Gasteiger partial charge on any atom is -0.445 e. The summed E-state index contributed by atoms with van der Waals surface area (Å²) in [7, 11) is 0. The van der Waals surface area contributed by atoms with Crippen LogP contribution in [0.15, 0.2) is 48.5 Å². The number of rotatable bonds is 6. The van der Waals surface area contributed by atoms with Crippen LogP contribution in [-0.2, 0) is 11.3 Å². The van der Waals surface area contributed by atoms with Crippen molar-refractivity contribution in [2.75, 3.05) is 31.1 Å². The molecule has 2 heterocycles. The fourth-order valence-electron chi connectivity index (χ4n) is 4.68. The Bertz CT molecular complexity index is 958. The van der Waals surface area contributed by atoms with Crippen LogP contribution in [0, 0.1) is 15.9 Å². The molecular weight excluding hydrogens is 427 g/mol. The van der Waals surface area contributed by atoms with Gasteiger partial charge in [-0.3, -0.25) is 10.1 Å². The van der Waals surface area contributed by atoms with Crippen LogP contribution in [-0.4, -0.2) is 54.2 Å². The molecule has 1 N–H and O–H groups in total. The van der Waals surface area contributed by atoms with Gasteiger partial charge in [0, 0.05) is 44.3 Å². The molecule has 0 aromatic heterocycles. The Labute approximate surface area is 192 Å². The van der Waals surface area contributed by atoms with Crippen LogP contribution in [0.4, 0.5) is 20.6 Å². The van der Waals surface area contributed by atoms with Gasteiger partial charge in [-0.2, -0.15) is 0 Å². The second-order valence-electron chi connectivity index (χ2n) is 8.63. The van der Waals surface area contributed by atoms with Crippen molar-refractivity contribution in [2.45, 2.75) is 44.4 Å². The number of anilines is 1. The van der Waals surface area contributed by atoms with Gasteiger partial charge in [-0.05, 0) is 37.3 Å². The van der Waals surface area contributed by atoms with Gasteiger partial charge in [0.1, 0.15) is 6.61 Å². The first kappa shape index (κ1) is 23.0. The molecule has 0 spiro atoms. The number of nitrogens with one attached hydrogen (secondary N) is 1. The Morgan fingerprint density at radius 3 is 2.39 bits per heavy atom. The Hall–Kier alpha value is -3.20. The number of amides is 1. The van der Waals surface area contributed by atoms with Gasteiger partial charge >= 0.3 is 6.09 Å². The Morgan fingerprint density at radius 1 is 1.06 bits per heavy atom. The number of halogens is 1. The number of alkyl carbamates (subject to hydrolysis) is 1. The van der Waals surface area contributed by atoms with Crippen molar-refractivity contribution >= 4 is 17.5 Å². The van der Waals surface area contributed by atoms with Crippen molar-refractivity contribution in [1.82, 2.24) is 10.2 Å². The molecule has 0 aliphatic carbocycles. The van der Waals surface area contributed by atoms with Crippen LogP contribution in [0.3, 0.4) is 0 Å². The van der Waals surface area contributed by atoms with Gasteiger partial charge < -0.3 is 19.9 Å². The van der Waals surface area contributed by atoms with E-state index in [1.165, 1.54) is 12.1 Å². The highest BCUT2D eigenvalue weighted by molar-refractivity contribution is 5.67. The zero-order chi connectivity index (χ0) is 23.2. The summed E-state index contributed by atoms with van der Waals surface area (Å²) >= 11 is 0. The smallest absolute Gasteiger partial charge is 0.407 e. The van der Waals surface area contributed by atoms with E-state index in [2.05, 4.69) is 10.2 Å². The predicted octanol–water partition coefficient (Wildman–Crippen LogP) is 4.09. The van der Waals surface area contributed by atoms with E-state index >= 15 is 0 Å². The lowest BCUT2D eigenvalue weighted by Gasteiger charge is -2.42. The molecule has 4 rings (SSSR count). The zero-order valence-electron chi connectivity index (χ0n) is 18.5. The largest absolute Gasteiger partial charge is 0.445 e. The molecule has 0 atom stereocenters. The first-order valence-corrected chi connectivity index (χ1v) is 11.4. The third kappa shape index (κ3) is 5.98. The van der Waals surface area contributed by atoms with Gasteiger partial charge in [-0.25, -0.2) is 9.18 Å². The molecule has 1 amide bonds. The van der Waals surface area contributed by atoms with Gasteiger partial charge in [-0.15, -0.1) is 0 Å². The number of likely N-dealkylation sites (tertiary alicyclic amines) is 1. The second-order valence-corrected chi connectivity index (χ2v) is 8.63. The van der Waals surface area contributed by atoms with Crippen LogP contribution in [0.2, 0.25) is 0 Å². The molecular formula is C24H29FN4O4. The molecule has 8 nitrogen and oxygen atoms in total. The van der Waals surface area contributed by atoms with Crippen LogP contribution in [0.25, 0.3) is 0 Å². The van der Waals surface area contributed by atoms with Crippen molar-refractivity contribution in [1.29, 1.82) is 0 Å². The number of benzene rings is 2. The predicted molar refractivity (Wildman–Crippen MR) is 123 cm³/mol. The number of non-ortho nitro benzene ring substituents is 1. The van der Waals surface area contributed by atoms with E-state index in [-0.39, 0.29) is 24.4 Å². The maximum absolute atomic E-state index is 14.3. The van der Waals surface area contributed by atoms with Crippen LogP contribution >= 0.6 is 0 Å². The first-order valence-electron chi connectivity index (χ1n) is 11.4. The molecule has 0 saturated carbocycles. The summed E-state index contributed by atoms with van der Waals surface area (Å²) in [6.07, 6.45) is 3.19. The van der Waals surface area contributed by atoms with Crippen LogP contribution < -0.4 is 10.2 Å². The quantitative estimate of drug-likeness (QED) is 0.520. The molecule has 0 bridgehead atoms. The molecule has 2 aromatic carbocycles. The number of carbonyl (C=O) groups excluding carboxylic acids is 1. The maximum Gasteiger partial charge on any atom is 0.407 e. The average Bonchev–Trinajstić information content (AvgIpc) is 2.84. The minimum absolute atomic E-state index is 0.110. The van der Waals surface area contributed by atoms with E-state index in [4.69, 9.17) is 4.74 Å². The standard InChI is InChI=1S/C24H29FN4O4/c25-22-16-21(29(31)32)6-7-23(22)28-14-10-20(11-15-28)27-12-8-19(9-13-27)26-24(30)33-17-18-4-2-1-3-5-18/h1-7,16,19-20H,8-15,17H2,(H,26,30). The van der Waals surface area contributed by atoms with Gasteiger partial charge in [0.2, 0.25) is 0 Å². The number of ether oxygens (including phenoxy) is 1. The van der Waals surface area contributed by atoms with E-state index in [1.54, 1.807) is 0 Å². The number of nitro benzene ring substituents is 1. The molecule has 176 valence electrons. The number of hydrogen-bond donors (Lipinski definition) is 1. The maximum atomic E-state index is 14.3. The molecule has 2 aromatic rings. The van der Waals surface area contributed by atoms with Crippen molar-refractivity contribution in [2.24, 2.45) is 0 Å². The molecule has 2 fully saturated rings. The van der Waals surface area contributed by atoms with E-state index < -0.39 is 10.7 Å². The molecule has 0 unspecified atom stereocenters. The van der Waals surface area contributed by atoms with Crippen molar-refractivity contribution in [3.63, 3.8) is 0 Å². The second kappa shape index (κ2) is 10.6. The van der Waals surface area contributed by atoms with Crippen LogP contribution in [0.1, 0.15) is 31.2 Å². The van der Waals surface area contributed by atoms with Crippen LogP contribution in [0.5, 0.6) is 0 Å². The normalized spacial score (nSPS) is 18.2. The molecule has 33 heavy (non-hydrogen) atoms. The fraction of sp³-hybridized carbons (Fsp3) is 0.458. The molecule has 9 heteroatoms. The minimum atomic E-state index is -0.583. The summed E-state index contributed by atoms with van der Waals surface area (Å²) in [5, 5.41) is 13.8. The third-order valence-corrected chi connectivity index (χ3v) is 6.53. The molecule has 0 radical (unpaired) electrons. The zero-order valence-corrected chi connectivity index (χ0v) is 18.5. The highest BCUT2D eigenvalue weighted by Gasteiger charge is 2.30. The summed E-state index contributed by atoms with van der Waals surface area (Å²) < 4.78 is 19.7. The van der Waals surface area contributed by atoms with Crippen molar-refractivity contribution < 1.29 is 18.8 Å². The molecule has 2 saturated heterocycles. The van der Waals surface area contributed by atoms with E-state index in [0.717, 1.165) is 50.4 Å². The Kier molecular flexibility index (Phi) is 7.39. The van der Waals surface area contributed by atoms with Gasteiger partial charge in [0.15, 0.2) is 5.82 Å². The third-order valence-electron chi connectivity index (χ3n) is 6.53. The monoisotopic (exact) mass is 456 g/mol. The summed E-state index contributed by atoms with van der Waals surface area (Å²) in [5.74, 6) is -0.548. The summed E-state index contributed by atoms with van der Waals surface area (Å²) in [5.41, 5.74) is 1.16. The summed E-state index contributed by atoms with van der Waals surface area (Å²) in [6.45, 7) is 3.49. The highest BCUT2D eigenvalue weighted by Crippen LogP contribution is 2.28. The SMILES string of the molecule is O=C(NC1CCN(C2CCN(c3ccc([N+](=O)[O-])cc3F)CC2)CC1)OCc1ccccc1. The lowest BCUT2D eigenvalue weighted by atomic mass is 9.97. The molecule has 2 aliphatic heterocycles. The van der Waals surface area contributed by atoms with E-state index in [9.17, 15) is 19.3 Å². The van der Waals surface area contributed by atoms with E-state index in [0.29, 0.717) is 24.8 Å². The summed E-state index contributed by atoms with van der Waals surface area (Å²) in [4.78, 5) is 26.8. The lowest BCUT2D eigenvalue weighted by molar-refractivity contribution is -0.385. The lowest BCUT2D eigenvalue weighted by Crippen LogP contribution is -2.51. The number of nitro groups is 1. The number of piperidine rings is 2. The fourth-order valence-corrected chi connectivity index (χ4v) is 4.68. The Morgan fingerprint density at radius 2 is 1.76 bits per heavy atom. The van der Waals surface area contributed by atoms with Crippen molar-refractivity contribution in [3.8, 4) is 0 Å². The first-order chi connectivity index (χ1) is 16.0. The van der Waals surface area contributed by atoms with Gasteiger partial charge in [0.25, 0.3) is 5.69 Å². The molecule has 2 aliphatic rings. The number of nitrogens with zero attached hydrogens (tertiary/aromatic N) is 3. The highest BCUT2D eigenvalue weighted by atomic mass is 19.1. The van der Waals surface area contributed by atoms with E-state index in [1.807, 2.05) is 35.2 Å². The average molecular weight is 457 g/mol. The summed E-state index contributed by atoms with van der Waals surface area (Å²) in [6, 6.07) is 14.0. The Balaban J connectivity index is 1.19. The number of carbonyl (C=O) groups is 1. The van der Waals surface area contributed by atoms with Gasteiger partial charge in [0.05, 0.1) is 16.7 Å². The number of hydrogen-bond acceptors (Lipinski definition) is 6. The van der Waals surface area contributed by atoms with Crippen molar-refractivity contribution in [3.05, 3.63) is 70.0 Å².